The van der Waals surface area contributed by atoms with Crippen molar-refractivity contribution in [3.05, 3.63) is 18.0 Å². The number of nitrogens with two attached hydrogens (primary N) is 1. The van der Waals surface area contributed by atoms with Gasteiger partial charge in [0.05, 0.1) is 6.54 Å². The van der Waals surface area contributed by atoms with Crippen LogP contribution in [-0.2, 0) is 18.3 Å². The van der Waals surface area contributed by atoms with Gasteiger partial charge >= 0.3 is 0 Å². The summed E-state index contributed by atoms with van der Waals surface area (Å²) in [4.78, 5) is 14.0. The Bertz CT molecular complexity index is 409. The predicted molar refractivity (Wildman–Crippen MR) is 73.6 cm³/mol. The van der Waals surface area contributed by atoms with E-state index < -0.39 is 0 Å². The van der Waals surface area contributed by atoms with E-state index in [4.69, 9.17) is 5.73 Å². The normalized spacial score (nSPS) is 17.6. The molecule has 0 aliphatic carbocycles. The largest absolute Gasteiger partial charge is 0.355 e. The zero-order chi connectivity index (χ0) is 13.7. The molecule has 1 saturated heterocycles. The second kappa shape index (κ2) is 6.68. The highest BCUT2D eigenvalue weighted by Gasteiger charge is 2.17. The van der Waals surface area contributed by atoms with Crippen LogP contribution >= 0.6 is 0 Å². The van der Waals surface area contributed by atoms with Crippen molar-refractivity contribution in [3.8, 4) is 0 Å². The molecule has 0 saturated carbocycles. The summed E-state index contributed by atoms with van der Waals surface area (Å²) in [5.41, 5.74) is 6.97. The van der Waals surface area contributed by atoms with Crippen LogP contribution in [0.4, 0.5) is 0 Å². The van der Waals surface area contributed by atoms with Crippen molar-refractivity contribution in [1.82, 2.24) is 20.0 Å². The second-order valence-corrected chi connectivity index (χ2v) is 5.16. The Labute approximate surface area is 113 Å². The zero-order valence-electron chi connectivity index (χ0n) is 11.5. The number of hydrogen-bond acceptors (Lipinski definition) is 4. The quantitative estimate of drug-likeness (QED) is 0.753. The molecule has 6 heteroatoms. The summed E-state index contributed by atoms with van der Waals surface area (Å²) < 4.78 is 1.83. The van der Waals surface area contributed by atoms with Gasteiger partial charge < -0.3 is 11.1 Å². The van der Waals surface area contributed by atoms with Gasteiger partial charge in [-0.3, -0.25) is 14.4 Å². The lowest BCUT2D eigenvalue weighted by Gasteiger charge is -2.29. The number of piperidine rings is 1. The van der Waals surface area contributed by atoms with Gasteiger partial charge in [-0.15, -0.1) is 0 Å². The third-order valence-corrected chi connectivity index (χ3v) is 3.63. The number of rotatable bonds is 5. The van der Waals surface area contributed by atoms with Gasteiger partial charge in [-0.2, -0.15) is 5.10 Å². The topological polar surface area (TPSA) is 76.2 Å². The SMILES string of the molecule is Cn1nccc1CCNC(=O)CN1CCC(N)CC1. The number of aromatic nitrogens is 2. The summed E-state index contributed by atoms with van der Waals surface area (Å²) in [6, 6.07) is 2.28. The molecule has 2 rings (SSSR count). The fourth-order valence-electron chi connectivity index (χ4n) is 2.35. The fraction of sp³-hybridized carbons (Fsp3) is 0.692. The Kier molecular flexibility index (Phi) is 4.93. The highest BCUT2D eigenvalue weighted by Crippen LogP contribution is 2.07. The van der Waals surface area contributed by atoms with E-state index in [1.54, 1.807) is 6.20 Å². The molecule has 0 radical (unpaired) electrons. The molecule has 106 valence electrons. The maximum atomic E-state index is 11.8. The van der Waals surface area contributed by atoms with E-state index in [9.17, 15) is 4.79 Å². The van der Waals surface area contributed by atoms with Gasteiger partial charge in [0.15, 0.2) is 0 Å². The lowest BCUT2D eigenvalue weighted by molar-refractivity contribution is -0.122. The minimum Gasteiger partial charge on any atom is -0.355 e. The van der Waals surface area contributed by atoms with Crippen molar-refractivity contribution in [2.45, 2.75) is 25.3 Å². The van der Waals surface area contributed by atoms with E-state index in [1.165, 1.54) is 0 Å². The average Bonchev–Trinajstić information content (AvgIpc) is 2.78. The predicted octanol–water partition coefficient (Wildman–Crippen LogP) is -0.498. The summed E-state index contributed by atoms with van der Waals surface area (Å²) in [5, 5.41) is 7.05. The molecule has 1 aromatic heterocycles. The van der Waals surface area contributed by atoms with E-state index in [1.807, 2.05) is 17.8 Å². The first kappa shape index (κ1) is 14.0. The van der Waals surface area contributed by atoms with E-state index in [-0.39, 0.29) is 5.91 Å². The van der Waals surface area contributed by atoms with Crippen LogP contribution in [0, 0.1) is 0 Å². The average molecular weight is 265 g/mol. The molecule has 6 nitrogen and oxygen atoms in total. The number of aryl methyl sites for hydroxylation is 1. The molecule has 1 fully saturated rings. The summed E-state index contributed by atoms with van der Waals surface area (Å²) >= 11 is 0. The third kappa shape index (κ3) is 4.33. The molecule has 19 heavy (non-hydrogen) atoms. The molecular weight excluding hydrogens is 242 g/mol. The van der Waals surface area contributed by atoms with Crippen LogP contribution in [0.1, 0.15) is 18.5 Å². The molecule has 2 heterocycles. The molecule has 1 amide bonds. The fourth-order valence-corrected chi connectivity index (χ4v) is 2.35. The van der Waals surface area contributed by atoms with Gasteiger partial charge in [0.2, 0.25) is 5.91 Å². The first-order valence-electron chi connectivity index (χ1n) is 6.86. The van der Waals surface area contributed by atoms with E-state index in [0.717, 1.165) is 38.0 Å². The monoisotopic (exact) mass is 265 g/mol. The lowest BCUT2D eigenvalue weighted by Crippen LogP contribution is -2.44. The van der Waals surface area contributed by atoms with Gasteiger partial charge in [0.1, 0.15) is 0 Å². The molecule has 0 spiro atoms. The number of hydrogen-bond donors (Lipinski definition) is 2. The first-order valence-corrected chi connectivity index (χ1v) is 6.86. The van der Waals surface area contributed by atoms with E-state index in [0.29, 0.717) is 19.1 Å². The molecular formula is C13H23N5O. The Morgan fingerprint density at radius 1 is 1.53 bits per heavy atom. The van der Waals surface area contributed by atoms with Crippen LogP contribution in [0.5, 0.6) is 0 Å². The maximum Gasteiger partial charge on any atom is 0.234 e. The Morgan fingerprint density at radius 2 is 2.26 bits per heavy atom. The highest BCUT2D eigenvalue weighted by molar-refractivity contribution is 5.78. The molecule has 0 atom stereocenters. The Balaban J connectivity index is 1.63. The van der Waals surface area contributed by atoms with E-state index >= 15 is 0 Å². The van der Waals surface area contributed by atoms with Crippen LogP contribution in [0.2, 0.25) is 0 Å². The minimum atomic E-state index is 0.0950. The number of nitrogens with one attached hydrogen (secondary N) is 1. The number of carbonyl (C=O) groups is 1. The van der Waals surface area contributed by atoms with Gasteiger partial charge in [0.25, 0.3) is 0 Å². The summed E-state index contributed by atoms with van der Waals surface area (Å²) in [7, 11) is 1.91. The van der Waals surface area contributed by atoms with Crippen molar-refractivity contribution in [2.75, 3.05) is 26.2 Å². The summed E-state index contributed by atoms with van der Waals surface area (Å²) in [5.74, 6) is 0.0950. The molecule has 3 N–H and O–H groups in total. The van der Waals surface area contributed by atoms with Gasteiger partial charge in [-0.05, 0) is 18.9 Å². The zero-order valence-corrected chi connectivity index (χ0v) is 11.5. The molecule has 0 bridgehead atoms. The third-order valence-electron chi connectivity index (χ3n) is 3.63. The van der Waals surface area contributed by atoms with Crippen molar-refractivity contribution in [1.29, 1.82) is 0 Å². The summed E-state index contributed by atoms with van der Waals surface area (Å²) in [6.07, 6.45) is 4.56. The maximum absolute atomic E-state index is 11.8. The Morgan fingerprint density at radius 3 is 2.89 bits per heavy atom. The van der Waals surface area contributed by atoms with Crippen LogP contribution < -0.4 is 11.1 Å². The number of nitrogens with zero attached hydrogens (tertiary/aromatic N) is 3. The van der Waals surface area contributed by atoms with Crippen molar-refractivity contribution < 1.29 is 4.79 Å². The molecule has 1 aliphatic rings. The molecule has 0 aromatic carbocycles. The Hall–Kier alpha value is -1.40. The molecule has 1 aromatic rings. The van der Waals surface area contributed by atoms with Gasteiger partial charge in [0, 0.05) is 51.0 Å². The van der Waals surface area contributed by atoms with Crippen LogP contribution in [-0.4, -0.2) is 52.8 Å². The van der Waals surface area contributed by atoms with Gasteiger partial charge in [-0.25, -0.2) is 0 Å². The van der Waals surface area contributed by atoms with Crippen molar-refractivity contribution in [3.63, 3.8) is 0 Å². The first-order chi connectivity index (χ1) is 9.15. The van der Waals surface area contributed by atoms with Crippen LogP contribution in [0.25, 0.3) is 0 Å². The molecule has 0 unspecified atom stereocenters. The van der Waals surface area contributed by atoms with Gasteiger partial charge in [-0.1, -0.05) is 0 Å². The lowest BCUT2D eigenvalue weighted by atomic mass is 10.1. The standard InChI is InChI=1S/C13H23N5O/c1-17-12(3-7-16-17)2-6-15-13(19)10-18-8-4-11(14)5-9-18/h3,7,11H,2,4-6,8-10,14H2,1H3,(H,15,19). The van der Waals surface area contributed by atoms with Crippen LogP contribution in [0.15, 0.2) is 12.3 Å². The molecule has 1 aliphatic heterocycles. The second-order valence-electron chi connectivity index (χ2n) is 5.16. The minimum absolute atomic E-state index is 0.0950. The smallest absolute Gasteiger partial charge is 0.234 e. The highest BCUT2D eigenvalue weighted by atomic mass is 16.2. The number of carbonyl (C=O) groups excluding carboxylic acids is 1. The van der Waals surface area contributed by atoms with Crippen molar-refractivity contribution in [2.24, 2.45) is 12.8 Å². The summed E-state index contributed by atoms with van der Waals surface area (Å²) in [6.45, 7) is 3.00. The number of likely N-dealkylation sites (tertiary alicyclic amines) is 1. The van der Waals surface area contributed by atoms with Crippen molar-refractivity contribution >= 4 is 5.91 Å². The van der Waals surface area contributed by atoms with E-state index in [2.05, 4.69) is 15.3 Å². The van der Waals surface area contributed by atoms with Crippen LogP contribution in [0.3, 0.4) is 0 Å². The number of amides is 1.